The fourth-order valence-electron chi connectivity index (χ4n) is 1.81. The van der Waals surface area contributed by atoms with Gasteiger partial charge < -0.3 is 5.32 Å². The molecule has 1 aromatic rings. The molecule has 0 aliphatic rings. The summed E-state index contributed by atoms with van der Waals surface area (Å²) in [5, 5.41) is 4.68. The minimum absolute atomic E-state index is 0.392. The third-order valence-electron chi connectivity index (χ3n) is 2.70. The van der Waals surface area contributed by atoms with Crippen LogP contribution in [0.15, 0.2) is 12.2 Å². The smallest absolute Gasteiger partial charge is 0.0900 e. The van der Waals surface area contributed by atoms with Crippen LogP contribution in [0.2, 0.25) is 0 Å². The van der Waals surface area contributed by atoms with Crippen LogP contribution < -0.4 is 5.32 Å². The van der Waals surface area contributed by atoms with E-state index in [0.717, 1.165) is 30.1 Å². The Bertz CT molecular complexity index is 355. The van der Waals surface area contributed by atoms with Crippen molar-refractivity contribution in [1.29, 1.82) is 0 Å². The summed E-state index contributed by atoms with van der Waals surface area (Å²) in [6, 6.07) is 0.392. The molecular formula is C13H22N2S. The first-order valence-electron chi connectivity index (χ1n) is 5.92. The molecule has 1 atom stereocenters. The number of thiazole rings is 1. The SMILES string of the molecule is C=C(CC)CC(NCC)c1sc(C)nc1C. The number of hydrogen-bond donors (Lipinski definition) is 1. The van der Waals surface area contributed by atoms with Crippen molar-refractivity contribution < 1.29 is 0 Å². The Morgan fingerprint density at radius 1 is 1.44 bits per heavy atom. The molecule has 1 unspecified atom stereocenters. The van der Waals surface area contributed by atoms with E-state index >= 15 is 0 Å². The van der Waals surface area contributed by atoms with Crippen LogP contribution >= 0.6 is 11.3 Å². The van der Waals surface area contributed by atoms with E-state index in [2.05, 4.69) is 44.6 Å². The van der Waals surface area contributed by atoms with E-state index in [9.17, 15) is 0 Å². The molecular weight excluding hydrogens is 216 g/mol. The quantitative estimate of drug-likeness (QED) is 0.763. The molecule has 1 N–H and O–H groups in total. The maximum atomic E-state index is 4.50. The molecule has 0 radical (unpaired) electrons. The zero-order chi connectivity index (χ0) is 12.1. The molecule has 0 spiro atoms. The van der Waals surface area contributed by atoms with Crippen molar-refractivity contribution in [2.45, 2.75) is 46.6 Å². The highest BCUT2D eigenvalue weighted by Gasteiger charge is 2.16. The lowest BCUT2D eigenvalue weighted by molar-refractivity contribution is 0.548. The van der Waals surface area contributed by atoms with Crippen LogP contribution in [0.3, 0.4) is 0 Å². The molecule has 3 heteroatoms. The van der Waals surface area contributed by atoms with Crippen molar-refractivity contribution in [3.05, 3.63) is 27.7 Å². The molecule has 0 bridgehead atoms. The van der Waals surface area contributed by atoms with Crippen molar-refractivity contribution in [3.8, 4) is 0 Å². The Labute approximate surface area is 103 Å². The molecule has 0 aromatic carbocycles. The molecule has 0 fully saturated rings. The fourth-order valence-corrected chi connectivity index (χ4v) is 2.81. The number of aromatic nitrogens is 1. The van der Waals surface area contributed by atoms with Gasteiger partial charge in [0, 0.05) is 10.9 Å². The summed E-state index contributed by atoms with van der Waals surface area (Å²) in [6.07, 6.45) is 2.07. The van der Waals surface area contributed by atoms with Gasteiger partial charge in [-0.3, -0.25) is 0 Å². The van der Waals surface area contributed by atoms with Gasteiger partial charge in [-0.2, -0.15) is 0 Å². The summed E-state index contributed by atoms with van der Waals surface area (Å²) < 4.78 is 0. The average molecular weight is 238 g/mol. The molecule has 0 aliphatic heterocycles. The maximum Gasteiger partial charge on any atom is 0.0900 e. The van der Waals surface area contributed by atoms with E-state index in [1.54, 1.807) is 11.3 Å². The summed E-state index contributed by atoms with van der Waals surface area (Å²) >= 11 is 1.80. The summed E-state index contributed by atoms with van der Waals surface area (Å²) in [4.78, 5) is 5.87. The van der Waals surface area contributed by atoms with Crippen molar-refractivity contribution in [3.63, 3.8) is 0 Å². The third-order valence-corrected chi connectivity index (χ3v) is 3.89. The van der Waals surface area contributed by atoms with Gasteiger partial charge in [0.15, 0.2) is 0 Å². The number of rotatable bonds is 6. The van der Waals surface area contributed by atoms with Crippen LogP contribution in [0.1, 0.15) is 48.3 Å². The molecule has 1 aromatic heterocycles. The van der Waals surface area contributed by atoms with E-state index in [1.165, 1.54) is 10.5 Å². The van der Waals surface area contributed by atoms with Crippen LogP contribution in [0.25, 0.3) is 0 Å². The third kappa shape index (κ3) is 3.42. The Kier molecular flexibility index (Phi) is 5.16. The van der Waals surface area contributed by atoms with Crippen LogP contribution in [-0.4, -0.2) is 11.5 Å². The second-order valence-corrected chi connectivity index (χ2v) is 5.34. The maximum absolute atomic E-state index is 4.50. The number of nitrogens with one attached hydrogen (secondary N) is 1. The fraction of sp³-hybridized carbons (Fsp3) is 0.615. The molecule has 1 rings (SSSR count). The normalized spacial score (nSPS) is 12.8. The highest BCUT2D eigenvalue weighted by atomic mass is 32.1. The van der Waals surface area contributed by atoms with Gasteiger partial charge in [0.1, 0.15) is 0 Å². The molecule has 1 heterocycles. The second-order valence-electron chi connectivity index (χ2n) is 4.10. The van der Waals surface area contributed by atoms with Gasteiger partial charge in [-0.25, -0.2) is 4.98 Å². The largest absolute Gasteiger partial charge is 0.309 e. The standard InChI is InChI=1S/C13H22N2S/c1-6-9(3)8-12(14-7-2)13-10(4)15-11(5)16-13/h12,14H,3,6-8H2,1-2,4-5H3. The lowest BCUT2D eigenvalue weighted by Gasteiger charge is -2.17. The number of hydrogen-bond acceptors (Lipinski definition) is 3. The minimum atomic E-state index is 0.392. The van der Waals surface area contributed by atoms with Crippen LogP contribution in [0.4, 0.5) is 0 Å². The van der Waals surface area contributed by atoms with Crippen molar-refractivity contribution >= 4 is 11.3 Å². The van der Waals surface area contributed by atoms with Crippen molar-refractivity contribution in [2.24, 2.45) is 0 Å². The summed E-state index contributed by atoms with van der Waals surface area (Å²) in [5.41, 5.74) is 2.47. The lowest BCUT2D eigenvalue weighted by Crippen LogP contribution is -2.21. The van der Waals surface area contributed by atoms with Gasteiger partial charge in [-0.1, -0.05) is 26.0 Å². The second kappa shape index (κ2) is 6.16. The van der Waals surface area contributed by atoms with Gasteiger partial charge in [0.2, 0.25) is 0 Å². The molecule has 2 nitrogen and oxygen atoms in total. The Hall–Kier alpha value is -0.670. The van der Waals surface area contributed by atoms with Crippen LogP contribution in [0.5, 0.6) is 0 Å². The highest BCUT2D eigenvalue weighted by Crippen LogP contribution is 2.29. The summed E-state index contributed by atoms with van der Waals surface area (Å²) in [6.45, 7) is 13.6. The van der Waals surface area contributed by atoms with Gasteiger partial charge in [0.05, 0.1) is 10.7 Å². The Balaban J connectivity index is 2.84. The van der Waals surface area contributed by atoms with E-state index in [4.69, 9.17) is 0 Å². The van der Waals surface area contributed by atoms with Gasteiger partial charge in [0.25, 0.3) is 0 Å². The van der Waals surface area contributed by atoms with Gasteiger partial charge >= 0.3 is 0 Å². The topological polar surface area (TPSA) is 24.9 Å². The van der Waals surface area contributed by atoms with E-state index in [0.29, 0.717) is 6.04 Å². The molecule has 0 saturated carbocycles. The average Bonchev–Trinajstić information content (AvgIpc) is 2.57. The van der Waals surface area contributed by atoms with Crippen LogP contribution in [0, 0.1) is 13.8 Å². The first-order valence-corrected chi connectivity index (χ1v) is 6.74. The lowest BCUT2D eigenvalue weighted by atomic mass is 10.0. The monoisotopic (exact) mass is 238 g/mol. The van der Waals surface area contributed by atoms with Crippen molar-refractivity contribution in [2.75, 3.05) is 6.54 Å². The molecule has 90 valence electrons. The summed E-state index contributed by atoms with van der Waals surface area (Å²) in [7, 11) is 0. The Morgan fingerprint density at radius 3 is 2.56 bits per heavy atom. The van der Waals surface area contributed by atoms with E-state index in [1.807, 2.05) is 0 Å². The molecule has 0 saturated heterocycles. The molecule has 0 amide bonds. The van der Waals surface area contributed by atoms with Gasteiger partial charge in [-0.15, -0.1) is 11.3 Å². The Morgan fingerprint density at radius 2 is 2.12 bits per heavy atom. The zero-order valence-corrected chi connectivity index (χ0v) is 11.6. The van der Waals surface area contributed by atoms with Crippen molar-refractivity contribution in [1.82, 2.24) is 10.3 Å². The number of aryl methyl sites for hydroxylation is 2. The van der Waals surface area contributed by atoms with E-state index in [-0.39, 0.29) is 0 Å². The van der Waals surface area contributed by atoms with Crippen LogP contribution in [-0.2, 0) is 0 Å². The van der Waals surface area contributed by atoms with E-state index < -0.39 is 0 Å². The molecule has 0 aliphatic carbocycles. The predicted octanol–water partition coefficient (Wildman–Crippen LogP) is 3.77. The van der Waals surface area contributed by atoms with Gasteiger partial charge in [-0.05, 0) is 33.2 Å². The number of nitrogens with zero attached hydrogens (tertiary/aromatic N) is 1. The zero-order valence-electron chi connectivity index (χ0n) is 10.8. The first-order chi connectivity index (χ1) is 7.58. The minimum Gasteiger partial charge on any atom is -0.309 e. The molecule has 16 heavy (non-hydrogen) atoms. The highest BCUT2D eigenvalue weighted by molar-refractivity contribution is 7.11. The summed E-state index contributed by atoms with van der Waals surface area (Å²) in [5.74, 6) is 0. The first kappa shape index (κ1) is 13.4. The predicted molar refractivity (Wildman–Crippen MR) is 72.1 cm³/mol.